The molecule has 2 rings (SSSR count). The molecule has 3 amide bonds. The first-order valence-corrected chi connectivity index (χ1v) is 6.14. The predicted molar refractivity (Wildman–Crippen MR) is 72.3 cm³/mol. The zero-order valence-electron chi connectivity index (χ0n) is 11.0. The minimum atomic E-state index is -0.479. The van der Waals surface area contributed by atoms with Crippen molar-refractivity contribution < 1.29 is 19.1 Å². The molecule has 0 saturated carbocycles. The zero-order valence-corrected chi connectivity index (χ0v) is 11.0. The number of amides is 3. The molecule has 2 N–H and O–H groups in total. The number of rotatable bonds is 4. The van der Waals surface area contributed by atoms with Crippen LogP contribution in [0.3, 0.4) is 0 Å². The van der Waals surface area contributed by atoms with Gasteiger partial charge in [0, 0.05) is 18.3 Å². The number of ether oxygens (including phenoxy) is 1. The summed E-state index contributed by atoms with van der Waals surface area (Å²) in [6.45, 7) is 2.08. The van der Waals surface area contributed by atoms with Crippen molar-refractivity contribution in [3.63, 3.8) is 0 Å². The molecule has 0 aliphatic carbocycles. The summed E-state index contributed by atoms with van der Waals surface area (Å²) in [5, 5.41) is 5.29. The highest BCUT2D eigenvalue weighted by Crippen LogP contribution is 2.15. The maximum absolute atomic E-state index is 11.8. The first-order chi connectivity index (χ1) is 9.54. The summed E-state index contributed by atoms with van der Waals surface area (Å²) in [4.78, 5) is 35.3. The number of anilines is 2. The van der Waals surface area contributed by atoms with Crippen LogP contribution in [0.15, 0.2) is 24.3 Å². The molecule has 0 bridgehead atoms. The lowest BCUT2D eigenvalue weighted by molar-refractivity contribution is -0.116. The quantitative estimate of drug-likeness (QED) is 0.860. The molecule has 1 aliphatic rings. The maximum atomic E-state index is 11.8. The van der Waals surface area contributed by atoms with Crippen molar-refractivity contribution in [3.05, 3.63) is 24.3 Å². The zero-order chi connectivity index (χ0) is 14.5. The van der Waals surface area contributed by atoms with Gasteiger partial charge in [0.25, 0.3) is 0 Å². The SMILES string of the molecule is CC(=O)Nc1cccc(NC(=O)CN2CCOC2=O)c1. The monoisotopic (exact) mass is 277 g/mol. The van der Waals surface area contributed by atoms with E-state index in [1.165, 1.54) is 11.8 Å². The van der Waals surface area contributed by atoms with Crippen molar-refractivity contribution in [3.8, 4) is 0 Å². The second-order valence-electron chi connectivity index (χ2n) is 4.35. The molecular formula is C13H15N3O4. The molecule has 1 heterocycles. The summed E-state index contributed by atoms with van der Waals surface area (Å²) >= 11 is 0. The van der Waals surface area contributed by atoms with E-state index in [2.05, 4.69) is 10.6 Å². The van der Waals surface area contributed by atoms with Gasteiger partial charge in [-0.25, -0.2) is 4.79 Å². The number of benzene rings is 1. The van der Waals surface area contributed by atoms with Crippen LogP contribution in [-0.4, -0.2) is 42.5 Å². The lowest BCUT2D eigenvalue weighted by Gasteiger charge is -2.13. The highest BCUT2D eigenvalue weighted by molar-refractivity contribution is 5.95. The third kappa shape index (κ3) is 3.71. The molecule has 1 aliphatic heterocycles. The van der Waals surface area contributed by atoms with E-state index in [9.17, 15) is 14.4 Å². The smallest absolute Gasteiger partial charge is 0.410 e. The predicted octanol–water partition coefficient (Wildman–Crippen LogP) is 1.04. The fraction of sp³-hybridized carbons (Fsp3) is 0.308. The molecule has 0 aromatic heterocycles. The number of nitrogens with one attached hydrogen (secondary N) is 2. The van der Waals surface area contributed by atoms with Crippen LogP contribution in [0.25, 0.3) is 0 Å². The summed E-state index contributed by atoms with van der Waals surface area (Å²) < 4.78 is 4.74. The van der Waals surface area contributed by atoms with Gasteiger partial charge in [-0.2, -0.15) is 0 Å². The van der Waals surface area contributed by atoms with Crippen molar-refractivity contribution in [1.29, 1.82) is 0 Å². The van der Waals surface area contributed by atoms with E-state index in [0.717, 1.165) is 0 Å². The topological polar surface area (TPSA) is 87.7 Å². The Hall–Kier alpha value is -2.57. The standard InChI is InChI=1S/C13H15N3O4/c1-9(17)14-10-3-2-4-11(7-10)15-12(18)8-16-5-6-20-13(16)19/h2-4,7H,5-6,8H2,1H3,(H,14,17)(H,15,18). The molecule has 0 radical (unpaired) electrons. The van der Waals surface area contributed by atoms with Gasteiger partial charge < -0.3 is 15.4 Å². The van der Waals surface area contributed by atoms with Crippen molar-refractivity contribution in [2.45, 2.75) is 6.92 Å². The number of hydrogen-bond acceptors (Lipinski definition) is 4. The van der Waals surface area contributed by atoms with Gasteiger partial charge in [0.1, 0.15) is 13.2 Å². The average Bonchev–Trinajstić information content (AvgIpc) is 2.74. The van der Waals surface area contributed by atoms with Crippen LogP contribution >= 0.6 is 0 Å². The molecule has 0 unspecified atom stereocenters. The Kier molecular flexibility index (Phi) is 4.19. The van der Waals surface area contributed by atoms with Gasteiger partial charge in [-0.15, -0.1) is 0 Å². The Balaban J connectivity index is 1.93. The number of hydrogen-bond donors (Lipinski definition) is 2. The Morgan fingerprint density at radius 2 is 2.00 bits per heavy atom. The van der Waals surface area contributed by atoms with E-state index in [1.807, 2.05) is 0 Å². The summed E-state index contributed by atoms with van der Waals surface area (Å²) in [5.74, 6) is -0.503. The second kappa shape index (κ2) is 6.05. The third-order valence-corrected chi connectivity index (χ3v) is 2.65. The number of nitrogens with zero attached hydrogens (tertiary/aromatic N) is 1. The summed E-state index contributed by atoms with van der Waals surface area (Å²) in [7, 11) is 0. The highest BCUT2D eigenvalue weighted by Gasteiger charge is 2.23. The molecule has 0 spiro atoms. The van der Waals surface area contributed by atoms with Gasteiger partial charge in [0.15, 0.2) is 0 Å². The first kappa shape index (κ1) is 13.9. The molecule has 1 aromatic carbocycles. The van der Waals surface area contributed by atoms with Gasteiger partial charge in [0.2, 0.25) is 11.8 Å². The lowest BCUT2D eigenvalue weighted by atomic mass is 10.2. The summed E-state index contributed by atoms with van der Waals surface area (Å²) in [5.41, 5.74) is 1.14. The molecule has 1 aromatic rings. The molecule has 20 heavy (non-hydrogen) atoms. The number of carbonyl (C=O) groups is 3. The Labute approximate surface area is 115 Å². The second-order valence-corrected chi connectivity index (χ2v) is 4.35. The van der Waals surface area contributed by atoms with E-state index in [0.29, 0.717) is 24.5 Å². The molecule has 1 saturated heterocycles. The van der Waals surface area contributed by atoms with Crippen LogP contribution in [-0.2, 0) is 14.3 Å². The van der Waals surface area contributed by atoms with E-state index >= 15 is 0 Å². The van der Waals surface area contributed by atoms with Crippen molar-refractivity contribution in [2.24, 2.45) is 0 Å². The lowest BCUT2D eigenvalue weighted by Crippen LogP contribution is -2.33. The van der Waals surface area contributed by atoms with E-state index in [1.54, 1.807) is 24.3 Å². The van der Waals surface area contributed by atoms with Crippen LogP contribution in [0, 0.1) is 0 Å². The Morgan fingerprint density at radius 3 is 2.60 bits per heavy atom. The maximum Gasteiger partial charge on any atom is 0.410 e. The van der Waals surface area contributed by atoms with Crippen LogP contribution in [0.2, 0.25) is 0 Å². The van der Waals surface area contributed by atoms with Crippen molar-refractivity contribution >= 4 is 29.3 Å². The van der Waals surface area contributed by atoms with Crippen molar-refractivity contribution in [2.75, 3.05) is 30.3 Å². The van der Waals surface area contributed by atoms with Crippen LogP contribution in [0.4, 0.5) is 16.2 Å². The number of carbonyl (C=O) groups excluding carboxylic acids is 3. The minimum Gasteiger partial charge on any atom is -0.448 e. The van der Waals surface area contributed by atoms with Gasteiger partial charge >= 0.3 is 6.09 Å². The molecule has 7 nitrogen and oxygen atoms in total. The van der Waals surface area contributed by atoms with Crippen molar-refractivity contribution in [1.82, 2.24) is 4.90 Å². The molecule has 7 heteroatoms. The third-order valence-electron chi connectivity index (χ3n) is 2.65. The highest BCUT2D eigenvalue weighted by atomic mass is 16.6. The van der Waals surface area contributed by atoms with Crippen LogP contribution in [0.1, 0.15) is 6.92 Å². The normalized spacial score (nSPS) is 13.8. The fourth-order valence-corrected chi connectivity index (χ4v) is 1.82. The van der Waals surface area contributed by atoms with E-state index < -0.39 is 6.09 Å². The molecule has 1 fully saturated rings. The summed E-state index contributed by atoms with van der Waals surface area (Å²) in [6, 6.07) is 6.77. The largest absolute Gasteiger partial charge is 0.448 e. The molecule has 0 atom stereocenters. The number of cyclic esters (lactones) is 1. The minimum absolute atomic E-state index is 0.0524. The average molecular weight is 277 g/mol. The van der Waals surface area contributed by atoms with E-state index in [4.69, 9.17) is 4.74 Å². The van der Waals surface area contributed by atoms with Gasteiger partial charge in [-0.05, 0) is 18.2 Å². The summed E-state index contributed by atoms with van der Waals surface area (Å²) in [6.07, 6.45) is -0.479. The first-order valence-electron chi connectivity index (χ1n) is 6.14. The van der Waals surface area contributed by atoms with Crippen LogP contribution in [0.5, 0.6) is 0 Å². The van der Waals surface area contributed by atoms with Gasteiger partial charge in [-0.1, -0.05) is 6.07 Å². The van der Waals surface area contributed by atoms with E-state index in [-0.39, 0.29) is 18.4 Å². The Bertz CT molecular complexity index is 544. The van der Waals surface area contributed by atoms with Gasteiger partial charge in [0.05, 0.1) is 6.54 Å². The Morgan fingerprint density at radius 1 is 1.30 bits per heavy atom. The molecule has 106 valence electrons. The van der Waals surface area contributed by atoms with Gasteiger partial charge in [-0.3, -0.25) is 14.5 Å². The molecular weight excluding hydrogens is 262 g/mol. The van der Waals surface area contributed by atoms with Crippen LogP contribution < -0.4 is 10.6 Å². The fourth-order valence-electron chi connectivity index (χ4n) is 1.82.